The highest BCUT2D eigenvalue weighted by atomic mass is 32.2. The zero-order valence-electron chi connectivity index (χ0n) is 20.9. The van der Waals surface area contributed by atoms with Gasteiger partial charge in [-0.3, -0.25) is 9.59 Å². The van der Waals surface area contributed by atoms with Crippen molar-refractivity contribution in [3.05, 3.63) is 93.7 Å². The van der Waals surface area contributed by atoms with Crippen LogP contribution < -0.4 is 15.4 Å². The number of benzene rings is 2. The minimum absolute atomic E-state index is 0.0997. The summed E-state index contributed by atoms with van der Waals surface area (Å²) in [6, 6.07) is 13.8. The normalized spacial score (nSPS) is 17.0. The fourth-order valence-electron chi connectivity index (χ4n) is 4.48. The molecule has 2 N–H and O–H groups in total. The number of hydrogen-bond donors (Lipinski definition) is 2. The third kappa shape index (κ3) is 6.00. The lowest BCUT2D eigenvalue weighted by Crippen LogP contribution is -2.26. The van der Waals surface area contributed by atoms with Crippen molar-refractivity contribution < 1.29 is 14.3 Å². The quantitative estimate of drug-likeness (QED) is 0.489. The Bertz CT molecular complexity index is 1340. The van der Waals surface area contributed by atoms with E-state index in [1.165, 1.54) is 30.0 Å². The number of nitrogens with zero attached hydrogens (tertiary/aromatic N) is 3. The first-order valence-corrected chi connectivity index (χ1v) is 13.1. The first kappa shape index (κ1) is 25.0. The lowest BCUT2D eigenvalue weighted by Gasteiger charge is -2.25. The van der Waals surface area contributed by atoms with E-state index in [4.69, 9.17) is 4.74 Å². The van der Waals surface area contributed by atoms with Crippen molar-refractivity contribution in [2.75, 3.05) is 26.0 Å². The molecule has 2 aliphatic heterocycles. The third-order valence-corrected chi connectivity index (χ3v) is 7.88. The van der Waals surface area contributed by atoms with Crippen LogP contribution in [0.4, 0.5) is 5.69 Å². The van der Waals surface area contributed by atoms with Crippen molar-refractivity contribution in [2.24, 2.45) is 0 Å². The van der Waals surface area contributed by atoms with E-state index < -0.39 is 0 Å². The summed E-state index contributed by atoms with van der Waals surface area (Å²) in [6.45, 7) is 2.27. The number of ether oxygens (including phenoxy) is 1. The number of aromatic nitrogens is 2. The van der Waals surface area contributed by atoms with E-state index in [1.807, 2.05) is 30.3 Å². The third-order valence-electron chi connectivity index (χ3n) is 6.52. The van der Waals surface area contributed by atoms with Crippen LogP contribution in [-0.4, -0.2) is 47.4 Å². The summed E-state index contributed by atoms with van der Waals surface area (Å²) in [5, 5.41) is 6.08. The van der Waals surface area contributed by atoms with E-state index in [1.54, 1.807) is 18.5 Å². The van der Waals surface area contributed by atoms with Gasteiger partial charge in [-0.25, -0.2) is 9.97 Å². The molecule has 190 valence electrons. The van der Waals surface area contributed by atoms with Crippen LogP contribution in [0, 0.1) is 0 Å². The van der Waals surface area contributed by atoms with Crippen molar-refractivity contribution in [3.63, 3.8) is 0 Å². The van der Waals surface area contributed by atoms with E-state index in [-0.39, 0.29) is 17.1 Å². The number of rotatable bonds is 7. The summed E-state index contributed by atoms with van der Waals surface area (Å²) in [5.41, 5.74) is 5.75. The Labute approximate surface area is 220 Å². The van der Waals surface area contributed by atoms with Crippen molar-refractivity contribution in [1.82, 2.24) is 20.2 Å². The number of amides is 2. The second-order valence-electron chi connectivity index (χ2n) is 9.22. The van der Waals surface area contributed by atoms with Gasteiger partial charge in [0.15, 0.2) is 0 Å². The number of carbonyl (C=O) groups excluding carboxylic acids is 2. The summed E-state index contributed by atoms with van der Waals surface area (Å²) in [7, 11) is 3.63. The SMILES string of the molecule is COc1ncc(C2CC=C(C(=O)NCc3cccc(C(=O)Nc4ccc5c(c4)CN(C)CC5)c3)S2)cn1. The zero-order valence-corrected chi connectivity index (χ0v) is 21.7. The van der Waals surface area contributed by atoms with Gasteiger partial charge in [0.05, 0.1) is 12.0 Å². The first-order chi connectivity index (χ1) is 18.0. The monoisotopic (exact) mass is 515 g/mol. The van der Waals surface area contributed by atoms with E-state index in [0.717, 1.165) is 42.7 Å². The molecule has 3 heterocycles. The van der Waals surface area contributed by atoms with Crippen LogP contribution in [0.25, 0.3) is 0 Å². The topological polar surface area (TPSA) is 96.4 Å². The van der Waals surface area contributed by atoms with Gasteiger partial charge in [0.2, 0.25) is 0 Å². The molecule has 9 heteroatoms. The van der Waals surface area contributed by atoms with Crippen molar-refractivity contribution in [2.45, 2.75) is 31.2 Å². The van der Waals surface area contributed by atoms with Crippen LogP contribution in [0.3, 0.4) is 0 Å². The molecule has 8 nitrogen and oxygen atoms in total. The molecule has 5 rings (SSSR count). The Balaban J connectivity index is 1.15. The second kappa shape index (κ2) is 11.1. The fraction of sp³-hybridized carbons (Fsp3) is 0.286. The second-order valence-corrected chi connectivity index (χ2v) is 10.5. The number of allylic oxidation sites excluding steroid dienone is 1. The smallest absolute Gasteiger partial charge is 0.316 e. The van der Waals surface area contributed by atoms with E-state index in [2.05, 4.69) is 44.7 Å². The van der Waals surface area contributed by atoms with Crippen molar-refractivity contribution >= 4 is 29.3 Å². The number of fused-ring (bicyclic) bond motifs is 1. The maximum atomic E-state index is 12.9. The molecule has 2 amide bonds. The van der Waals surface area contributed by atoms with Crippen LogP contribution in [0.1, 0.15) is 44.3 Å². The van der Waals surface area contributed by atoms with Crippen LogP contribution in [0.2, 0.25) is 0 Å². The summed E-state index contributed by atoms with van der Waals surface area (Å²) < 4.78 is 5.01. The minimum atomic E-state index is -0.170. The van der Waals surface area contributed by atoms with Crippen molar-refractivity contribution in [1.29, 1.82) is 0 Å². The molecule has 1 aromatic heterocycles. The molecule has 3 aromatic rings. The molecule has 2 aromatic carbocycles. The van der Waals surface area contributed by atoms with Gasteiger partial charge in [-0.15, -0.1) is 11.8 Å². The summed E-state index contributed by atoms with van der Waals surface area (Å²) in [4.78, 5) is 36.9. The molecule has 2 aliphatic rings. The Hall–Kier alpha value is -3.69. The zero-order chi connectivity index (χ0) is 25.8. The number of carbonyl (C=O) groups is 2. The predicted octanol–water partition coefficient (Wildman–Crippen LogP) is 4.10. The number of likely N-dealkylation sites (N-methyl/N-ethyl adjacent to an activating group) is 1. The van der Waals surface area contributed by atoms with Gasteiger partial charge < -0.3 is 20.3 Å². The van der Waals surface area contributed by atoms with Gasteiger partial charge in [0.25, 0.3) is 11.8 Å². The van der Waals surface area contributed by atoms with Crippen LogP contribution in [-0.2, 0) is 24.3 Å². The predicted molar refractivity (Wildman–Crippen MR) is 144 cm³/mol. The molecule has 0 fully saturated rings. The van der Waals surface area contributed by atoms with Crippen LogP contribution in [0.15, 0.2) is 65.8 Å². The minimum Gasteiger partial charge on any atom is -0.467 e. The molecule has 1 atom stereocenters. The van der Waals surface area contributed by atoms with Crippen molar-refractivity contribution in [3.8, 4) is 6.01 Å². The lowest BCUT2D eigenvalue weighted by atomic mass is 9.99. The molecule has 0 aliphatic carbocycles. The molecule has 1 unspecified atom stereocenters. The average Bonchev–Trinajstić information content (AvgIpc) is 3.42. The highest BCUT2D eigenvalue weighted by Gasteiger charge is 2.24. The maximum absolute atomic E-state index is 12.9. The number of methoxy groups -OCH3 is 1. The Morgan fingerprint density at radius 3 is 2.76 bits per heavy atom. The summed E-state index contributed by atoms with van der Waals surface area (Å²) in [6.07, 6.45) is 7.17. The standard InChI is InChI=1S/C28H29N5O3S/c1-33-11-10-19-6-7-23(13-21(19)17-33)32-26(34)20-5-3-4-18(12-20)14-29-27(35)25-9-8-24(37-25)22-15-30-28(36-2)31-16-22/h3-7,9,12-13,15-16,24H,8,10-11,14,17H2,1-2H3,(H,29,35)(H,32,34). The van der Waals surface area contributed by atoms with Gasteiger partial charge in [-0.05, 0) is 60.8 Å². The number of hydrogen-bond acceptors (Lipinski definition) is 7. The number of nitrogens with one attached hydrogen (secondary N) is 2. The van der Waals surface area contributed by atoms with Gasteiger partial charge in [0, 0.05) is 54.1 Å². The fourth-order valence-corrected chi connectivity index (χ4v) is 5.61. The largest absolute Gasteiger partial charge is 0.467 e. The van der Waals surface area contributed by atoms with Crippen LogP contribution >= 0.6 is 11.8 Å². The van der Waals surface area contributed by atoms with Gasteiger partial charge >= 0.3 is 6.01 Å². The van der Waals surface area contributed by atoms with Gasteiger partial charge in [0.1, 0.15) is 0 Å². The summed E-state index contributed by atoms with van der Waals surface area (Å²) >= 11 is 1.50. The molecule has 0 spiro atoms. The molecule has 0 saturated carbocycles. The van der Waals surface area contributed by atoms with E-state index >= 15 is 0 Å². The Kier molecular flexibility index (Phi) is 7.52. The van der Waals surface area contributed by atoms with E-state index in [9.17, 15) is 9.59 Å². The van der Waals surface area contributed by atoms with E-state index in [0.29, 0.717) is 23.0 Å². The highest BCUT2D eigenvalue weighted by Crippen LogP contribution is 2.43. The lowest BCUT2D eigenvalue weighted by molar-refractivity contribution is -0.116. The van der Waals surface area contributed by atoms with Gasteiger partial charge in [-0.2, -0.15) is 0 Å². The Morgan fingerprint density at radius 2 is 1.95 bits per heavy atom. The maximum Gasteiger partial charge on any atom is 0.316 e. The molecule has 0 saturated heterocycles. The first-order valence-electron chi connectivity index (χ1n) is 12.2. The molecule has 0 radical (unpaired) electrons. The molecular formula is C28H29N5O3S. The number of anilines is 1. The van der Waals surface area contributed by atoms with Crippen LogP contribution in [0.5, 0.6) is 6.01 Å². The average molecular weight is 516 g/mol. The summed E-state index contributed by atoms with van der Waals surface area (Å²) in [5.74, 6) is -0.299. The molecular weight excluding hydrogens is 486 g/mol. The number of thioether (sulfide) groups is 1. The highest BCUT2D eigenvalue weighted by molar-refractivity contribution is 8.04. The Morgan fingerprint density at radius 1 is 1.11 bits per heavy atom. The molecule has 0 bridgehead atoms. The van der Waals surface area contributed by atoms with Gasteiger partial charge in [-0.1, -0.05) is 24.3 Å². The molecule has 37 heavy (non-hydrogen) atoms.